The largest absolute Gasteiger partial charge is 0.497 e. The maximum atomic E-state index is 14.2. The lowest BCUT2D eigenvalue weighted by Gasteiger charge is -2.33. The number of benzene rings is 3. The Morgan fingerprint density at radius 2 is 1.70 bits per heavy atom. The number of nitrogens with zero attached hydrogens (tertiary/aromatic N) is 2. The molecule has 2 amide bonds. The Hall–Kier alpha value is -3.77. The molecule has 0 heterocycles. The molecule has 8 nitrogen and oxygen atoms in total. The molecule has 1 N–H and O–H groups in total. The molecular formula is C33H37ClF3N3O5S. The molecule has 0 saturated heterocycles. The highest BCUT2D eigenvalue weighted by Crippen LogP contribution is 2.38. The number of carbonyl (C=O) groups is 2. The second-order valence-corrected chi connectivity index (χ2v) is 13.6. The van der Waals surface area contributed by atoms with Crippen molar-refractivity contribution in [3.8, 4) is 5.75 Å². The summed E-state index contributed by atoms with van der Waals surface area (Å²) in [4.78, 5) is 28.6. The van der Waals surface area contributed by atoms with E-state index in [1.54, 1.807) is 50.2 Å². The minimum atomic E-state index is -4.89. The number of hydrogen-bond acceptors (Lipinski definition) is 5. The molecule has 0 aliphatic heterocycles. The van der Waals surface area contributed by atoms with Crippen LogP contribution in [0.3, 0.4) is 0 Å². The van der Waals surface area contributed by atoms with E-state index in [1.165, 1.54) is 24.1 Å². The first-order chi connectivity index (χ1) is 21.7. The van der Waals surface area contributed by atoms with E-state index in [0.717, 1.165) is 49.8 Å². The maximum absolute atomic E-state index is 14.2. The number of carbonyl (C=O) groups excluding carboxylic acids is 2. The van der Waals surface area contributed by atoms with Crippen LogP contribution in [0.4, 0.5) is 18.9 Å². The summed E-state index contributed by atoms with van der Waals surface area (Å²) in [6.07, 6.45) is -0.252. The summed E-state index contributed by atoms with van der Waals surface area (Å²) in [5, 5.41) is 2.39. The van der Waals surface area contributed by atoms with Gasteiger partial charge in [-0.05, 0) is 74.7 Å². The first-order valence-electron chi connectivity index (χ1n) is 14.9. The van der Waals surface area contributed by atoms with Gasteiger partial charge in [0.05, 0.1) is 28.3 Å². The van der Waals surface area contributed by atoms with Crippen LogP contribution in [0.25, 0.3) is 0 Å². The third-order valence-corrected chi connectivity index (χ3v) is 10.2. The van der Waals surface area contributed by atoms with Gasteiger partial charge in [-0.3, -0.25) is 13.9 Å². The molecule has 0 unspecified atom stereocenters. The molecule has 1 aliphatic carbocycles. The molecule has 248 valence electrons. The van der Waals surface area contributed by atoms with E-state index in [0.29, 0.717) is 21.7 Å². The maximum Gasteiger partial charge on any atom is 0.417 e. The van der Waals surface area contributed by atoms with Crippen LogP contribution in [0.1, 0.15) is 55.7 Å². The number of methoxy groups -OCH3 is 1. The molecule has 3 aromatic rings. The summed E-state index contributed by atoms with van der Waals surface area (Å²) < 4.78 is 75.5. The molecule has 1 fully saturated rings. The van der Waals surface area contributed by atoms with E-state index in [-0.39, 0.29) is 17.5 Å². The van der Waals surface area contributed by atoms with E-state index in [9.17, 15) is 31.2 Å². The van der Waals surface area contributed by atoms with E-state index in [1.807, 2.05) is 0 Å². The Morgan fingerprint density at radius 3 is 2.33 bits per heavy atom. The second-order valence-electron chi connectivity index (χ2n) is 11.4. The van der Waals surface area contributed by atoms with Gasteiger partial charge in [0.25, 0.3) is 10.0 Å². The fraction of sp³-hybridized carbons (Fsp3) is 0.394. The third-order valence-electron chi connectivity index (χ3n) is 8.04. The van der Waals surface area contributed by atoms with E-state index in [2.05, 4.69) is 5.32 Å². The van der Waals surface area contributed by atoms with Crippen molar-refractivity contribution in [3.05, 3.63) is 88.4 Å². The van der Waals surface area contributed by atoms with Crippen LogP contribution in [0.15, 0.2) is 71.6 Å². The molecular weight excluding hydrogens is 643 g/mol. The third kappa shape index (κ3) is 8.52. The molecule has 0 radical (unpaired) electrons. The van der Waals surface area contributed by atoms with Crippen LogP contribution < -0.4 is 14.4 Å². The number of ether oxygens (including phenoxy) is 1. The van der Waals surface area contributed by atoms with Gasteiger partial charge in [-0.15, -0.1) is 0 Å². The molecule has 0 bridgehead atoms. The molecule has 3 aromatic carbocycles. The summed E-state index contributed by atoms with van der Waals surface area (Å²) in [5.74, 6) is -0.705. The van der Waals surface area contributed by atoms with Gasteiger partial charge in [0, 0.05) is 12.6 Å². The average Bonchev–Trinajstić information content (AvgIpc) is 3.02. The van der Waals surface area contributed by atoms with Crippen LogP contribution >= 0.6 is 11.6 Å². The fourth-order valence-electron chi connectivity index (χ4n) is 5.37. The van der Waals surface area contributed by atoms with E-state index < -0.39 is 56.9 Å². The number of anilines is 1. The monoisotopic (exact) mass is 679 g/mol. The van der Waals surface area contributed by atoms with E-state index in [4.69, 9.17) is 16.3 Å². The molecule has 0 spiro atoms. The highest BCUT2D eigenvalue weighted by Gasteiger charge is 2.37. The number of alkyl halides is 3. The number of halogens is 4. The highest BCUT2D eigenvalue weighted by atomic mass is 35.5. The van der Waals surface area contributed by atoms with Crippen molar-refractivity contribution in [2.75, 3.05) is 18.0 Å². The summed E-state index contributed by atoms with van der Waals surface area (Å²) in [5.41, 5.74) is -0.304. The average molecular weight is 680 g/mol. The summed E-state index contributed by atoms with van der Waals surface area (Å²) in [6, 6.07) is 14.1. The van der Waals surface area contributed by atoms with E-state index >= 15 is 0 Å². The summed E-state index contributed by atoms with van der Waals surface area (Å²) in [6.45, 7) is 2.31. The van der Waals surface area contributed by atoms with Crippen molar-refractivity contribution in [2.24, 2.45) is 0 Å². The predicted octanol–water partition coefficient (Wildman–Crippen LogP) is 6.74. The lowest BCUT2D eigenvalue weighted by molar-refractivity contribution is -0.139. The molecule has 13 heteroatoms. The number of rotatable bonds is 11. The lowest BCUT2D eigenvalue weighted by atomic mass is 9.95. The topological polar surface area (TPSA) is 96.0 Å². The Bertz CT molecular complexity index is 1640. The minimum absolute atomic E-state index is 0.0502. The first kappa shape index (κ1) is 35.1. The Labute approximate surface area is 272 Å². The zero-order valence-electron chi connectivity index (χ0n) is 25.8. The molecule has 1 aliphatic rings. The van der Waals surface area contributed by atoms with Gasteiger partial charge in [0.15, 0.2) is 0 Å². The summed E-state index contributed by atoms with van der Waals surface area (Å²) in [7, 11) is -3.09. The van der Waals surface area contributed by atoms with Gasteiger partial charge in [-0.2, -0.15) is 13.2 Å². The van der Waals surface area contributed by atoms with Crippen LogP contribution in [-0.2, 0) is 32.3 Å². The number of amides is 2. The first-order valence-corrected chi connectivity index (χ1v) is 16.7. The number of sulfonamides is 1. The zero-order chi connectivity index (χ0) is 33.6. The van der Waals surface area contributed by atoms with Crippen LogP contribution in [0, 0.1) is 6.92 Å². The van der Waals surface area contributed by atoms with Crippen molar-refractivity contribution in [1.29, 1.82) is 0 Å². The van der Waals surface area contributed by atoms with Crippen LogP contribution in [0.2, 0.25) is 5.02 Å². The second kappa shape index (κ2) is 14.8. The predicted molar refractivity (Wildman–Crippen MR) is 170 cm³/mol. The Kier molecular flexibility index (Phi) is 11.3. The van der Waals surface area contributed by atoms with Crippen molar-refractivity contribution in [2.45, 2.75) is 75.7 Å². The van der Waals surface area contributed by atoms with Crippen molar-refractivity contribution in [3.63, 3.8) is 0 Å². The quantitative estimate of drug-likeness (QED) is 0.242. The number of nitrogens with one attached hydrogen (secondary N) is 1. The van der Waals surface area contributed by atoms with Gasteiger partial charge < -0.3 is 15.0 Å². The smallest absolute Gasteiger partial charge is 0.417 e. The fourth-order valence-corrected chi connectivity index (χ4v) is 7.00. The Morgan fingerprint density at radius 1 is 1.02 bits per heavy atom. The van der Waals surface area contributed by atoms with Crippen LogP contribution in [-0.4, -0.2) is 50.9 Å². The van der Waals surface area contributed by atoms with Gasteiger partial charge in [0.2, 0.25) is 11.8 Å². The van der Waals surface area contributed by atoms with Gasteiger partial charge >= 0.3 is 6.18 Å². The number of hydrogen-bond donors (Lipinski definition) is 1. The van der Waals surface area contributed by atoms with Crippen molar-refractivity contribution in [1.82, 2.24) is 10.2 Å². The van der Waals surface area contributed by atoms with Crippen LogP contribution in [0.5, 0.6) is 5.75 Å². The van der Waals surface area contributed by atoms with Gasteiger partial charge in [-0.25, -0.2) is 8.42 Å². The molecule has 1 saturated carbocycles. The van der Waals surface area contributed by atoms with Crippen molar-refractivity contribution < 1.29 is 35.9 Å². The zero-order valence-corrected chi connectivity index (χ0v) is 27.4. The SMILES string of the molecule is COc1cccc(CN(C(=O)CN(c2ccc(Cl)c(C(F)(F)F)c2)S(=O)(=O)c2ccc(C)cc2)[C@H](C)C(=O)NC2CCCCC2)c1. The van der Waals surface area contributed by atoms with Crippen molar-refractivity contribution >= 4 is 39.1 Å². The van der Waals surface area contributed by atoms with Gasteiger partial charge in [0.1, 0.15) is 18.3 Å². The molecule has 0 aromatic heterocycles. The normalized spacial score (nSPS) is 14.8. The highest BCUT2D eigenvalue weighted by molar-refractivity contribution is 7.92. The standard InChI is InChI=1S/C33H37ClF3N3O5S/c1-22-12-15-28(16-13-22)46(43,44)40(26-14-17-30(34)29(19-26)33(35,36)37)21-31(41)39(20-24-8-7-11-27(18-24)45-3)23(2)32(42)38-25-9-5-4-6-10-25/h7-8,11-19,23,25H,4-6,9-10,20-21H2,1-3H3,(H,38,42)/t23-/m1/s1. The summed E-state index contributed by atoms with van der Waals surface area (Å²) >= 11 is 5.84. The number of aryl methyl sites for hydroxylation is 1. The Balaban J connectivity index is 1.75. The lowest BCUT2D eigenvalue weighted by Crippen LogP contribution is -2.53. The van der Waals surface area contributed by atoms with Gasteiger partial charge in [-0.1, -0.05) is 60.7 Å². The molecule has 4 rings (SSSR count). The molecule has 1 atom stereocenters. The molecule has 46 heavy (non-hydrogen) atoms. The minimum Gasteiger partial charge on any atom is -0.497 e.